The molecule has 2 aliphatic rings. The first kappa shape index (κ1) is 29.0. The molecule has 0 saturated heterocycles. The summed E-state index contributed by atoms with van der Waals surface area (Å²) >= 11 is 1.59. The maximum atomic E-state index is 13.6. The Morgan fingerprint density at radius 2 is 1.89 bits per heavy atom. The molecule has 4 rings (SSSR count). The van der Waals surface area contributed by atoms with Crippen molar-refractivity contribution in [2.75, 3.05) is 23.9 Å². The number of rotatable bonds is 8. The van der Waals surface area contributed by atoms with Gasteiger partial charge in [0.05, 0.1) is 17.9 Å². The molecule has 2 N–H and O–H groups in total. The van der Waals surface area contributed by atoms with Crippen molar-refractivity contribution in [3.8, 4) is 0 Å². The van der Waals surface area contributed by atoms with E-state index in [1.165, 1.54) is 12.1 Å². The molecule has 0 unspecified atom stereocenters. The van der Waals surface area contributed by atoms with Crippen LogP contribution < -0.4 is 10.6 Å². The van der Waals surface area contributed by atoms with Gasteiger partial charge < -0.3 is 20.1 Å². The average Bonchev–Trinajstić information content (AvgIpc) is 3.35. The second-order valence-corrected chi connectivity index (χ2v) is 10.2. The van der Waals surface area contributed by atoms with Gasteiger partial charge in [0.25, 0.3) is 11.8 Å². The molecular weight excluding hydrogens is 507 g/mol. The van der Waals surface area contributed by atoms with E-state index in [2.05, 4.69) is 10.6 Å². The highest BCUT2D eigenvalue weighted by Crippen LogP contribution is 2.44. The third kappa shape index (κ3) is 5.93. The average molecular weight is 541 g/mol. The van der Waals surface area contributed by atoms with E-state index in [4.69, 9.17) is 9.47 Å². The second-order valence-electron chi connectivity index (χ2n) is 9.19. The van der Waals surface area contributed by atoms with Crippen LogP contribution in [0, 0.1) is 5.82 Å². The van der Waals surface area contributed by atoms with Gasteiger partial charge in [0, 0.05) is 16.7 Å². The van der Waals surface area contributed by atoms with Gasteiger partial charge in [0.15, 0.2) is 0 Å². The number of hydrogen-bond donors (Lipinski definition) is 2. The fourth-order valence-corrected chi connectivity index (χ4v) is 4.85. The van der Waals surface area contributed by atoms with Gasteiger partial charge in [-0.1, -0.05) is 19.6 Å². The van der Waals surface area contributed by atoms with Crippen LogP contribution in [0.4, 0.5) is 10.1 Å². The summed E-state index contributed by atoms with van der Waals surface area (Å²) in [5.74, 6) is -0.491. The van der Waals surface area contributed by atoms with E-state index >= 15 is 0 Å². The van der Waals surface area contributed by atoms with Crippen molar-refractivity contribution in [2.45, 2.75) is 46.3 Å². The summed E-state index contributed by atoms with van der Waals surface area (Å²) in [7, 11) is 0. The minimum absolute atomic E-state index is 0. The summed E-state index contributed by atoms with van der Waals surface area (Å²) in [5, 5.41) is 5.46. The summed E-state index contributed by atoms with van der Waals surface area (Å²) in [6, 6.07) is 10.4. The Balaban J connectivity index is 0.00000400. The quantitative estimate of drug-likeness (QED) is 0.343. The van der Waals surface area contributed by atoms with Crippen molar-refractivity contribution in [1.29, 1.82) is 0 Å². The molecule has 0 aromatic heterocycles. The number of thioether (sulfide) groups is 1. The van der Waals surface area contributed by atoms with Crippen LogP contribution in [0.25, 0.3) is 11.1 Å². The summed E-state index contributed by atoms with van der Waals surface area (Å²) in [5.41, 5.74) is 2.65. The number of esters is 1. The molecule has 2 aromatic rings. The Kier molecular flexibility index (Phi) is 9.04. The second kappa shape index (κ2) is 11.9. The highest BCUT2D eigenvalue weighted by Gasteiger charge is 2.38. The van der Waals surface area contributed by atoms with Crippen molar-refractivity contribution in [2.24, 2.45) is 0 Å². The lowest BCUT2D eigenvalue weighted by molar-refractivity contribution is -0.145. The lowest BCUT2D eigenvalue weighted by Crippen LogP contribution is -2.42. The highest BCUT2D eigenvalue weighted by molar-refractivity contribution is 7.98. The number of anilines is 1. The van der Waals surface area contributed by atoms with Crippen molar-refractivity contribution in [3.63, 3.8) is 0 Å². The Morgan fingerprint density at radius 3 is 2.55 bits per heavy atom. The van der Waals surface area contributed by atoms with Crippen molar-refractivity contribution in [3.05, 3.63) is 76.8 Å². The number of carbonyl (C=O) groups is 3. The van der Waals surface area contributed by atoms with E-state index in [-0.39, 0.29) is 25.8 Å². The van der Waals surface area contributed by atoms with Crippen LogP contribution in [0.5, 0.6) is 0 Å². The number of fused-ring (bicyclic) bond motifs is 1. The first-order valence-electron chi connectivity index (χ1n) is 12.0. The number of hydrogen-bond acceptors (Lipinski definition) is 6. The van der Waals surface area contributed by atoms with Gasteiger partial charge in [-0.25, -0.2) is 9.18 Å². The van der Waals surface area contributed by atoms with Crippen LogP contribution in [0.15, 0.2) is 54.3 Å². The SMILES string of the molecule is C.CCOC(=O)[C@H](CCSC)NC(=O)c1ccc(C2=C/C(=C3\C(=O)Nc4cc(F)ccc43)OC2(C)C)cc1. The molecule has 9 heteroatoms. The van der Waals surface area contributed by atoms with Crippen LogP contribution in [0.1, 0.15) is 56.1 Å². The number of carbonyl (C=O) groups excluding carboxylic acids is 3. The molecule has 2 heterocycles. The molecule has 0 saturated carbocycles. The largest absolute Gasteiger partial charge is 0.482 e. The van der Waals surface area contributed by atoms with Gasteiger partial charge in [-0.3, -0.25) is 9.59 Å². The van der Waals surface area contributed by atoms with Crippen LogP contribution in [0.3, 0.4) is 0 Å². The van der Waals surface area contributed by atoms with Gasteiger partial charge in [-0.15, -0.1) is 0 Å². The minimum atomic E-state index is -0.748. The molecule has 0 radical (unpaired) electrons. The number of nitrogens with one attached hydrogen (secondary N) is 2. The molecule has 7 nitrogen and oxygen atoms in total. The lowest BCUT2D eigenvalue weighted by Gasteiger charge is -2.23. The molecule has 2 aliphatic heterocycles. The number of ether oxygens (including phenoxy) is 2. The summed E-state index contributed by atoms with van der Waals surface area (Å²) < 4.78 is 24.9. The lowest BCUT2D eigenvalue weighted by atomic mass is 9.91. The summed E-state index contributed by atoms with van der Waals surface area (Å²) in [6.07, 6.45) is 4.22. The fourth-order valence-electron chi connectivity index (χ4n) is 4.38. The monoisotopic (exact) mass is 540 g/mol. The molecule has 0 bridgehead atoms. The molecule has 2 amide bonds. The molecule has 202 valence electrons. The zero-order chi connectivity index (χ0) is 26.7. The van der Waals surface area contributed by atoms with Crippen LogP contribution in [-0.2, 0) is 19.1 Å². The van der Waals surface area contributed by atoms with Gasteiger partial charge in [0.2, 0.25) is 0 Å². The van der Waals surface area contributed by atoms with Crippen molar-refractivity contribution in [1.82, 2.24) is 5.32 Å². The van der Waals surface area contributed by atoms with E-state index in [1.54, 1.807) is 49.0 Å². The summed E-state index contributed by atoms with van der Waals surface area (Å²) in [6.45, 7) is 5.75. The van der Waals surface area contributed by atoms with Gasteiger partial charge >= 0.3 is 5.97 Å². The molecule has 0 fully saturated rings. The number of allylic oxidation sites excluding steroid dienone is 1. The van der Waals surface area contributed by atoms with E-state index in [0.29, 0.717) is 40.3 Å². The zero-order valence-electron chi connectivity index (χ0n) is 21.1. The third-order valence-corrected chi connectivity index (χ3v) is 6.85. The van der Waals surface area contributed by atoms with Crippen LogP contribution in [-0.4, -0.2) is 48.0 Å². The van der Waals surface area contributed by atoms with E-state index in [1.807, 2.05) is 26.2 Å². The normalized spacial score (nSPS) is 17.9. The van der Waals surface area contributed by atoms with Gasteiger partial charge in [-0.05, 0) is 81.2 Å². The van der Waals surface area contributed by atoms with Crippen LogP contribution in [0.2, 0.25) is 0 Å². The molecule has 0 aliphatic carbocycles. The topological polar surface area (TPSA) is 93.7 Å². The maximum Gasteiger partial charge on any atom is 0.328 e. The summed E-state index contributed by atoms with van der Waals surface area (Å²) in [4.78, 5) is 37.8. The molecule has 0 spiro atoms. The first-order chi connectivity index (χ1) is 17.6. The Bertz CT molecular complexity index is 1300. The Hall–Kier alpha value is -3.59. The fraction of sp³-hybridized carbons (Fsp3) is 0.345. The predicted octanol–water partition coefficient (Wildman–Crippen LogP) is 5.43. The standard InChI is InChI=1S/C28H29FN2O5S.CH4/c1-5-35-27(34)21(12-13-37-4)30-25(32)17-8-6-16(7-9-17)20-15-23(36-28(20,2)3)24-19-11-10-18(29)14-22(19)31-26(24)33;/h6-11,14-15,21H,5,12-13H2,1-4H3,(H,30,32)(H,31,33);1H4/b24-23+;/t21-;/m0./s1. The van der Waals surface area contributed by atoms with Crippen molar-refractivity contribution >= 4 is 46.4 Å². The van der Waals surface area contributed by atoms with E-state index in [9.17, 15) is 18.8 Å². The maximum absolute atomic E-state index is 13.6. The molecular formula is C29H33FN2O5S. The number of amides is 2. The highest BCUT2D eigenvalue weighted by atomic mass is 32.2. The van der Waals surface area contributed by atoms with Gasteiger partial charge in [0.1, 0.15) is 23.2 Å². The Morgan fingerprint density at radius 1 is 1.18 bits per heavy atom. The van der Waals surface area contributed by atoms with Crippen LogP contribution >= 0.6 is 11.8 Å². The number of halogens is 1. The Labute approximate surface area is 226 Å². The smallest absolute Gasteiger partial charge is 0.328 e. The molecule has 1 atom stereocenters. The minimum Gasteiger partial charge on any atom is -0.482 e. The number of benzene rings is 2. The van der Waals surface area contributed by atoms with E-state index < -0.39 is 23.4 Å². The zero-order valence-corrected chi connectivity index (χ0v) is 22.0. The predicted molar refractivity (Wildman–Crippen MR) is 149 cm³/mol. The van der Waals surface area contributed by atoms with E-state index in [0.717, 1.165) is 11.1 Å². The van der Waals surface area contributed by atoms with Gasteiger partial charge in [-0.2, -0.15) is 11.8 Å². The molecule has 38 heavy (non-hydrogen) atoms. The third-order valence-electron chi connectivity index (χ3n) is 6.21. The van der Waals surface area contributed by atoms with Crippen molar-refractivity contribution < 1.29 is 28.2 Å². The molecule has 2 aromatic carbocycles. The first-order valence-corrected chi connectivity index (χ1v) is 13.4.